The van der Waals surface area contributed by atoms with Gasteiger partial charge in [0.25, 0.3) is 0 Å². The first-order chi connectivity index (χ1) is 10.0. The monoisotopic (exact) mass is 296 g/mol. The van der Waals surface area contributed by atoms with Gasteiger partial charge in [0.15, 0.2) is 5.78 Å². The van der Waals surface area contributed by atoms with Crippen LogP contribution in [-0.4, -0.2) is 5.78 Å². The Morgan fingerprint density at radius 3 is 2.29 bits per heavy atom. The van der Waals surface area contributed by atoms with E-state index in [2.05, 4.69) is 13.8 Å². The van der Waals surface area contributed by atoms with Crippen molar-refractivity contribution in [3.8, 4) is 0 Å². The summed E-state index contributed by atoms with van der Waals surface area (Å²) >= 11 is 6.58. The number of ketones is 1. The molecule has 0 saturated heterocycles. The van der Waals surface area contributed by atoms with E-state index in [1.165, 1.54) is 0 Å². The third kappa shape index (κ3) is 2.43. The maximum Gasteiger partial charge on any atom is 0.190 e. The number of benzene rings is 2. The molecule has 1 nitrogen and oxygen atoms in total. The zero-order valence-corrected chi connectivity index (χ0v) is 12.9. The van der Waals surface area contributed by atoms with Crippen molar-refractivity contribution in [2.45, 2.75) is 24.6 Å². The predicted molar refractivity (Wildman–Crippen MR) is 86.9 cm³/mol. The van der Waals surface area contributed by atoms with E-state index < -0.39 is 5.38 Å². The van der Waals surface area contributed by atoms with Gasteiger partial charge < -0.3 is 0 Å². The van der Waals surface area contributed by atoms with Crippen LogP contribution >= 0.6 is 11.6 Å². The number of hydrogen-bond acceptors (Lipinski definition) is 1. The van der Waals surface area contributed by atoms with Crippen molar-refractivity contribution in [3.63, 3.8) is 0 Å². The predicted octanol–water partition coefficient (Wildman–Crippen LogP) is 5.07. The Morgan fingerprint density at radius 1 is 0.952 bits per heavy atom. The van der Waals surface area contributed by atoms with Crippen LogP contribution < -0.4 is 0 Å². The fraction of sp³-hybridized carbons (Fsp3) is 0.211. The molecule has 0 heterocycles. The molecule has 1 aliphatic carbocycles. The fourth-order valence-electron chi connectivity index (χ4n) is 2.92. The van der Waals surface area contributed by atoms with E-state index in [0.29, 0.717) is 5.57 Å². The Labute approximate surface area is 130 Å². The molecule has 0 unspecified atom stereocenters. The first kappa shape index (κ1) is 14.1. The second-order valence-electron chi connectivity index (χ2n) is 5.97. The molecule has 2 aromatic carbocycles. The molecule has 2 aromatic rings. The molecule has 0 N–H and O–H groups in total. The summed E-state index contributed by atoms with van der Waals surface area (Å²) in [5.41, 5.74) is 3.26. The lowest BCUT2D eigenvalue weighted by Crippen LogP contribution is -2.27. The normalized spacial score (nSPS) is 17.9. The average molecular weight is 297 g/mol. The summed E-state index contributed by atoms with van der Waals surface area (Å²) in [6.45, 7) is 4.24. The Kier molecular flexibility index (Phi) is 3.46. The lowest BCUT2D eigenvalue weighted by atomic mass is 9.73. The molecular formula is C19H17ClO. The van der Waals surface area contributed by atoms with E-state index in [1.807, 2.05) is 60.7 Å². The van der Waals surface area contributed by atoms with Gasteiger partial charge in [0.05, 0.1) is 5.38 Å². The van der Waals surface area contributed by atoms with Gasteiger partial charge in [0, 0.05) is 16.6 Å². The number of alkyl halides is 1. The summed E-state index contributed by atoms with van der Waals surface area (Å²) < 4.78 is 0. The fourth-order valence-corrected chi connectivity index (χ4v) is 3.23. The van der Waals surface area contributed by atoms with Gasteiger partial charge in [0.2, 0.25) is 0 Å². The maximum atomic E-state index is 12.8. The summed E-state index contributed by atoms with van der Waals surface area (Å²) in [4.78, 5) is 12.8. The number of hydrogen-bond donors (Lipinski definition) is 0. The second-order valence-corrected chi connectivity index (χ2v) is 6.41. The highest BCUT2D eigenvalue weighted by atomic mass is 35.5. The van der Waals surface area contributed by atoms with E-state index >= 15 is 0 Å². The molecule has 3 rings (SSSR count). The van der Waals surface area contributed by atoms with Crippen molar-refractivity contribution in [1.29, 1.82) is 0 Å². The van der Waals surface area contributed by atoms with E-state index in [0.717, 1.165) is 16.7 Å². The van der Waals surface area contributed by atoms with Crippen LogP contribution in [0.4, 0.5) is 0 Å². The minimum atomic E-state index is -0.411. The second kappa shape index (κ2) is 5.16. The van der Waals surface area contributed by atoms with Crippen LogP contribution in [0, 0.1) is 0 Å². The molecule has 0 radical (unpaired) electrons. The van der Waals surface area contributed by atoms with E-state index in [4.69, 9.17) is 11.6 Å². The first-order valence-electron chi connectivity index (χ1n) is 7.07. The van der Waals surface area contributed by atoms with Gasteiger partial charge >= 0.3 is 0 Å². The molecule has 0 aromatic heterocycles. The average Bonchev–Trinajstić information content (AvgIpc) is 2.51. The van der Waals surface area contributed by atoms with Gasteiger partial charge in [0.1, 0.15) is 0 Å². The lowest BCUT2D eigenvalue weighted by Gasteiger charge is -2.31. The third-order valence-corrected chi connectivity index (χ3v) is 4.50. The molecule has 1 aliphatic rings. The quantitative estimate of drug-likeness (QED) is 0.707. The lowest BCUT2D eigenvalue weighted by molar-refractivity contribution is 0.102. The van der Waals surface area contributed by atoms with Crippen molar-refractivity contribution in [1.82, 2.24) is 0 Å². The molecule has 0 bridgehead atoms. The Bertz CT molecular complexity index is 713. The van der Waals surface area contributed by atoms with Gasteiger partial charge in [-0.1, -0.05) is 74.5 Å². The SMILES string of the molecule is CC1(C)C=C([C@H](Cl)c2ccccc2)C(=O)c2ccccc21. The topological polar surface area (TPSA) is 17.1 Å². The number of carbonyl (C=O) groups excluding carboxylic acids is 1. The van der Waals surface area contributed by atoms with E-state index in [9.17, 15) is 4.79 Å². The number of Topliss-reactive ketones (excluding diaryl/α,β-unsaturated/α-hetero) is 1. The smallest absolute Gasteiger partial charge is 0.190 e. The van der Waals surface area contributed by atoms with Gasteiger partial charge in [-0.05, 0) is 11.1 Å². The zero-order chi connectivity index (χ0) is 15.0. The van der Waals surface area contributed by atoms with Crippen molar-refractivity contribution in [2.75, 3.05) is 0 Å². The largest absolute Gasteiger partial charge is 0.289 e. The van der Waals surface area contributed by atoms with Gasteiger partial charge in [-0.15, -0.1) is 11.6 Å². The molecule has 0 saturated carbocycles. The van der Waals surface area contributed by atoms with Crippen LogP contribution in [0.15, 0.2) is 66.2 Å². The minimum Gasteiger partial charge on any atom is -0.289 e. The van der Waals surface area contributed by atoms with Crippen molar-refractivity contribution in [3.05, 3.63) is 82.9 Å². The molecule has 0 amide bonds. The van der Waals surface area contributed by atoms with Crippen LogP contribution in [0.3, 0.4) is 0 Å². The molecular weight excluding hydrogens is 280 g/mol. The first-order valence-corrected chi connectivity index (χ1v) is 7.50. The molecule has 106 valence electrons. The van der Waals surface area contributed by atoms with E-state index in [-0.39, 0.29) is 11.2 Å². The summed E-state index contributed by atoms with van der Waals surface area (Å²) in [5, 5.41) is -0.411. The summed E-state index contributed by atoms with van der Waals surface area (Å²) in [7, 11) is 0. The van der Waals surface area contributed by atoms with Crippen LogP contribution in [0.5, 0.6) is 0 Å². The van der Waals surface area contributed by atoms with E-state index in [1.54, 1.807) is 0 Å². The Morgan fingerprint density at radius 2 is 1.57 bits per heavy atom. The summed E-state index contributed by atoms with van der Waals surface area (Å²) in [6.07, 6.45) is 2.02. The van der Waals surface area contributed by atoms with Crippen LogP contribution in [0.1, 0.15) is 40.7 Å². The Hall–Kier alpha value is -1.86. The number of halogens is 1. The summed E-state index contributed by atoms with van der Waals surface area (Å²) in [5.74, 6) is 0.0359. The molecule has 0 fully saturated rings. The molecule has 0 spiro atoms. The zero-order valence-electron chi connectivity index (χ0n) is 12.1. The van der Waals surface area contributed by atoms with Crippen LogP contribution in [0.25, 0.3) is 0 Å². The number of carbonyl (C=O) groups is 1. The maximum absolute atomic E-state index is 12.8. The third-order valence-electron chi connectivity index (χ3n) is 4.01. The summed E-state index contributed by atoms with van der Waals surface area (Å²) in [6, 6.07) is 17.5. The van der Waals surface area contributed by atoms with Crippen molar-refractivity contribution >= 4 is 17.4 Å². The van der Waals surface area contributed by atoms with Crippen molar-refractivity contribution in [2.24, 2.45) is 0 Å². The molecule has 1 atom stereocenters. The highest BCUT2D eigenvalue weighted by molar-refractivity contribution is 6.28. The molecule has 2 heteroatoms. The number of fused-ring (bicyclic) bond motifs is 1. The van der Waals surface area contributed by atoms with Gasteiger partial charge in [-0.25, -0.2) is 0 Å². The molecule has 0 aliphatic heterocycles. The highest BCUT2D eigenvalue weighted by Crippen LogP contribution is 2.41. The molecule has 21 heavy (non-hydrogen) atoms. The number of allylic oxidation sites excluding steroid dienone is 2. The number of rotatable bonds is 2. The Balaban J connectivity index is 2.09. The van der Waals surface area contributed by atoms with Crippen molar-refractivity contribution < 1.29 is 4.79 Å². The standard InChI is InChI=1S/C19H17ClO/c1-19(2)12-15(17(20)13-8-4-3-5-9-13)18(21)14-10-6-7-11-16(14)19/h3-12,17H,1-2H3/t17-/m1/s1. The van der Waals surface area contributed by atoms with Crippen LogP contribution in [0.2, 0.25) is 0 Å². The van der Waals surface area contributed by atoms with Crippen LogP contribution in [-0.2, 0) is 5.41 Å². The minimum absolute atomic E-state index is 0.0359. The van der Waals surface area contributed by atoms with Gasteiger partial charge in [-0.3, -0.25) is 4.79 Å². The highest BCUT2D eigenvalue weighted by Gasteiger charge is 2.34. The van der Waals surface area contributed by atoms with Gasteiger partial charge in [-0.2, -0.15) is 0 Å².